The maximum Gasteiger partial charge on any atom is 0.244 e. The van der Waals surface area contributed by atoms with Crippen molar-refractivity contribution in [2.45, 2.75) is 25.3 Å². The molecule has 0 bridgehead atoms. The van der Waals surface area contributed by atoms with Crippen molar-refractivity contribution in [2.24, 2.45) is 5.73 Å². The van der Waals surface area contributed by atoms with Crippen LogP contribution in [-0.4, -0.2) is 24.7 Å². The molecule has 98 valence electrons. The summed E-state index contributed by atoms with van der Waals surface area (Å²) in [4.78, 5) is 12.2. The van der Waals surface area contributed by atoms with E-state index in [0.29, 0.717) is 26.1 Å². The zero-order valence-electron chi connectivity index (χ0n) is 10.3. The highest BCUT2D eigenvalue weighted by Gasteiger charge is 2.36. The Morgan fingerprint density at radius 1 is 1.44 bits per heavy atom. The maximum atomic E-state index is 12.2. The lowest BCUT2D eigenvalue weighted by Crippen LogP contribution is -2.54. The SMILES string of the molecule is Cc1cc(Br)ccc1NC(=O)C1(N)CCOCC1. The molecule has 0 aliphatic carbocycles. The van der Waals surface area contributed by atoms with Crippen LogP contribution in [0.25, 0.3) is 0 Å². The number of aryl methyl sites for hydroxylation is 1. The van der Waals surface area contributed by atoms with E-state index in [2.05, 4.69) is 21.2 Å². The molecule has 4 nitrogen and oxygen atoms in total. The minimum Gasteiger partial charge on any atom is -0.381 e. The molecular weight excluding hydrogens is 296 g/mol. The van der Waals surface area contributed by atoms with Crippen molar-refractivity contribution in [1.29, 1.82) is 0 Å². The fraction of sp³-hybridized carbons (Fsp3) is 0.462. The number of hydrogen-bond acceptors (Lipinski definition) is 3. The van der Waals surface area contributed by atoms with Crippen LogP contribution < -0.4 is 11.1 Å². The van der Waals surface area contributed by atoms with Gasteiger partial charge in [-0.3, -0.25) is 4.79 Å². The Labute approximate surface area is 115 Å². The first-order chi connectivity index (χ1) is 8.51. The van der Waals surface area contributed by atoms with E-state index in [-0.39, 0.29) is 5.91 Å². The van der Waals surface area contributed by atoms with Gasteiger partial charge in [-0.05, 0) is 43.5 Å². The van der Waals surface area contributed by atoms with Gasteiger partial charge in [-0.1, -0.05) is 15.9 Å². The third-order valence-corrected chi connectivity index (χ3v) is 3.77. The molecule has 1 aromatic carbocycles. The number of carbonyl (C=O) groups is 1. The minimum absolute atomic E-state index is 0.128. The van der Waals surface area contributed by atoms with Gasteiger partial charge >= 0.3 is 0 Å². The lowest BCUT2D eigenvalue weighted by atomic mass is 9.90. The van der Waals surface area contributed by atoms with Crippen molar-refractivity contribution >= 4 is 27.5 Å². The quantitative estimate of drug-likeness (QED) is 0.880. The summed E-state index contributed by atoms with van der Waals surface area (Å²) in [6.07, 6.45) is 1.13. The standard InChI is InChI=1S/C13H17BrN2O2/c1-9-8-10(14)2-3-11(9)16-12(17)13(15)4-6-18-7-5-13/h2-3,8H,4-7,15H2,1H3,(H,16,17). The highest BCUT2D eigenvalue weighted by Crippen LogP contribution is 2.23. The Hall–Kier alpha value is -0.910. The third-order valence-electron chi connectivity index (χ3n) is 3.27. The molecular formula is C13H17BrN2O2. The van der Waals surface area contributed by atoms with Gasteiger partial charge in [-0.2, -0.15) is 0 Å². The third kappa shape index (κ3) is 2.91. The van der Waals surface area contributed by atoms with Crippen molar-refractivity contribution in [3.8, 4) is 0 Å². The summed E-state index contributed by atoms with van der Waals surface area (Å²) in [6, 6.07) is 5.73. The number of nitrogens with one attached hydrogen (secondary N) is 1. The fourth-order valence-corrected chi connectivity index (χ4v) is 2.45. The Morgan fingerprint density at radius 3 is 2.72 bits per heavy atom. The molecule has 1 fully saturated rings. The van der Waals surface area contributed by atoms with Crippen LogP contribution in [-0.2, 0) is 9.53 Å². The first kappa shape index (κ1) is 13.5. The molecule has 1 aromatic rings. The largest absolute Gasteiger partial charge is 0.381 e. The second kappa shape index (κ2) is 5.38. The van der Waals surface area contributed by atoms with Gasteiger partial charge in [-0.15, -0.1) is 0 Å². The molecule has 0 aromatic heterocycles. The predicted molar refractivity (Wildman–Crippen MR) is 74.5 cm³/mol. The number of benzene rings is 1. The van der Waals surface area contributed by atoms with Gasteiger partial charge in [0.2, 0.25) is 5.91 Å². The molecule has 1 aliphatic rings. The van der Waals surface area contributed by atoms with Crippen LogP contribution in [0.3, 0.4) is 0 Å². The van der Waals surface area contributed by atoms with E-state index >= 15 is 0 Å². The molecule has 1 saturated heterocycles. The Morgan fingerprint density at radius 2 is 2.11 bits per heavy atom. The van der Waals surface area contributed by atoms with Gasteiger partial charge in [0, 0.05) is 23.4 Å². The zero-order chi connectivity index (χ0) is 13.2. The van der Waals surface area contributed by atoms with Crippen molar-refractivity contribution in [1.82, 2.24) is 0 Å². The van der Waals surface area contributed by atoms with Crippen molar-refractivity contribution < 1.29 is 9.53 Å². The number of amides is 1. The summed E-state index contributed by atoms with van der Waals surface area (Å²) in [5, 5.41) is 2.91. The van der Waals surface area contributed by atoms with Crippen LogP contribution in [0.15, 0.2) is 22.7 Å². The molecule has 0 atom stereocenters. The van der Waals surface area contributed by atoms with Crippen LogP contribution in [0.5, 0.6) is 0 Å². The Balaban J connectivity index is 2.11. The van der Waals surface area contributed by atoms with Gasteiger partial charge in [0.25, 0.3) is 0 Å². The second-order valence-corrected chi connectivity index (χ2v) is 5.60. The summed E-state index contributed by atoms with van der Waals surface area (Å²) in [5.74, 6) is -0.128. The first-order valence-corrected chi connectivity index (χ1v) is 6.75. The summed E-state index contributed by atoms with van der Waals surface area (Å²) >= 11 is 3.40. The van der Waals surface area contributed by atoms with E-state index in [0.717, 1.165) is 15.7 Å². The highest BCUT2D eigenvalue weighted by atomic mass is 79.9. The lowest BCUT2D eigenvalue weighted by molar-refractivity contribution is -0.124. The van der Waals surface area contributed by atoms with Crippen LogP contribution in [0.4, 0.5) is 5.69 Å². The molecule has 0 radical (unpaired) electrons. The highest BCUT2D eigenvalue weighted by molar-refractivity contribution is 9.10. The van der Waals surface area contributed by atoms with E-state index in [1.165, 1.54) is 0 Å². The predicted octanol–water partition coefficient (Wildman–Crippen LogP) is 2.20. The molecule has 2 rings (SSSR count). The monoisotopic (exact) mass is 312 g/mol. The van der Waals surface area contributed by atoms with Crippen LogP contribution >= 0.6 is 15.9 Å². The summed E-state index contributed by atoms with van der Waals surface area (Å²) in [7, 11) is 0. The summed E-state index contributed by atoms with van der Waals surface area (Å²) in [5.41, 5.74) is 7.13. The van der Waals surface area contributed by atoms with Gasteiger partial charge in [-0.25, -0.2) is 0 Å². The van der Waals surface area contributed by atoms with Gasteiger partial charge in [0.15, 0.2) is 0 Å². The Kier molecular flexibility index (Phi) is 4.04. The number of anilines is 1. The Bertz CT molecular complexity index is 456. The average molecular weight is 313 g/mol. The smallest absolute Gasteiger partial charge is 0.244 e. The molecule has 0 spiro atoms. The van der Waals surface area contributed by atoms with Crippen molar-refractivity contribution in [2.75, 3.05) is 18.5 Å². The number of rotatable bonds is 2. The molecule has 0 saturated carbocycles. The molecule has 0 unspecified atom stereocenters. The van der Waals surface area contributed by atoms with Gasteiger partial charge < -0.3 is 15.8 Å². The summed E-state index contributed by atoms with van der Waals surface area (Å²) < 4.78 is 6.23. The van der Waals surface area contributed by atoms with Crippen LogP contribution in [0, 0.1) is 6.92 Å². The van der Waals surface area contributed by atoms with Crippen LogP contribution in [0.2, 0.25) is 0 Å². The van der Waals surface area contributed by atoms with Gasteiger partial charge in [0.05, 0.1) is 0 Å². The molecule has 5 heteroatoms. The van der Waals surface area contributed by atoms with Crippen molar-refractivity contribution in [3.63, 3.8) is 0 Å². The van der Waals surface area contributed by atoms with E-state index in [4.69, 9.17) is 10.5 Å². The minimum atomic E-state index is -0.808. The summed E-state index contributed by atoms with van der Waals surface area (Å²) in [6.45, 7) is 3.04. The molecule has 18 heavy (non-hydrogen) atoms. The van der Waals surface area contributed by atoms with Crippen LogP contribution in [0.1, 0.15) is 18.4 Å². The number of halogens is 1. The molecule has 1 amide bonds. The number of hydrogen-bond donors (Lipinski definition) is 2. The molecule has 1 aliphatic heterocycles. The van der Waals surface area contributed by atoms with Crippen molar-refractivity contribution in [3.05, 3.63) is 28.2 Å². The van der Waals surface area contributed by atoms with E-state index < -0.39 is 5.54 Å². The molecule has 1 heterocycles. The first-order valence-electron chi connectivity index (χ1n) is 5.95. The zero-order valence-corrected chi connectivity index (χ0v) is 11.9. The topological polar surface area (TPSA) is 64.4 Å². The normalized spacial score (nSPS) is 18.4. The average Bonchev–Trinajstić information content (AvgIpc) is 2.33. The maximum absolute atomic E-state index is 12.2. The second-order valence-electron chi connectivity index (χ2n) is 4.68. The molecule has 3 N–H and O–H groups in total. The van der Waals surface area contributed by atoms with E-state index in [1.807, 2.05) is 25.1 Å². The fourth-order valence-electron chi connectivity index (χ4n) is 1.98. The van der Waals surface area contributed by atoms with E-state index in [9.17, 15) is 4.79 Å². The van der Waals surface area contributed by atoms with E-state index in [1.54, 1.807) is 0 Å². The lowest BCUT2D eigenvalue weighted by Gasteiger charge is -2.32. The van der Waals surface area contributed by atoms with Gasteiger partial charge in [0.1, 0.15) is 5.54 Å². The number of nitrogens with two attached hydrogens (primary N) is 1. The number of carbonyl (C=O) groups excluding carboxylic acids is 1. The number of ether oxygens (including phenoxy) is 1.